The van der Waals surface area contributed by atoms with E-state index in [0.717, 1.165) is 24.2 Å². The second-order valence-corrected chi connectivity index (χ2v) is 4.91. The molecule has 0 unspecified atom stereocenters. The summed E-state index contributed by atoms with van der Waals surface area (Å²) in [4.78, 5) is 11.1. The number of hydrogen-bond donors (Lipinski definition) is 2. The average molecular weight is 288 g/mol. The minimum atomic E-state index is -0.958. The first kappa shape index (κ1) is 15.2. The zero-order valence-corrected chi connectivity index (χ0v) is 12.3. The van der Waals surface area contributed by atoms with Crippen LogP contribution in [0.1, 0.15) is 54.4 Å². The Morgan fingerprint density at radius 2 is 2.10 bits per heavy atom. The summed E-state index contributed by atoms with van der Waals surface area (Å²) in [6.07, 6.45) is 1.91. The van der Waals surface area contributed by atoms with Crippen LogP contribution in [0.15, 0.2) is 24.3 Å². The van der Waals surface area contributed by atoms with E-state index in [-0.39, 0.29) is 5.56 Å². The summed E-state index contributed by atoms with van der Waals surface area (Å²) >= 11 is 0. The quantitative estimate of drug-likeness (QED) is 0.850. The SMILES string of the molecule is CCC(CC)c1c(CN)nnn1-c1cccc(C(=O)O)c1. The highest BCUT2D eigenvalue weighted by Crippen LogP contribution is 2.27. The van der Waals surface area contributed by atoms with Gasteiger partial charge in [-0.15, -0.1) is 5.10 Å². The first-order valence-electron chi connectivity index (χ1n) is 7.10. The Kier molecular flexibility index (Phi) is 4.70. The van der Waals surface area contributed by atoms with Crippen molar-refractivity contribution in [2.75, 3.05) is 0 Å². The van der Waals surface area contributed by atoms with E-state index in [2.05, 4.69) is 24.2 Å². The van der Waals surface area contributed by atoms with Gasteiger partial charge in [0.2, 0.25) is 0 Å². The summed E-state index contributed by atoms with van der Waals surface area (Å²) in [5, 5.41) is 17.4. The zero-order valence-electron chi connectivity index (χ0n) is 12.3. The maximum absolute atomic E-state index is 11.1. The maximum Gasteiger partial charge on any atom is 0.335 e. The largest absolute Gasteiger partial charge is 0.478 e. The molecule has 0 aliphatic heterocycles. The lowest BCUT2D eigenvalue weighted by Crippen LogP contribution is -2.11. The van der Waals surface area contributed by atoms with Gasteiger partial charge in [-0.05, 0) is 31.0 Å². The van der Waals surface area contributed by atoms with E-state index >= 15 is 0 Å². The second kappa shape index (κ2) is 6.49. The van der Waals surface area contributed by atoms with Gasteiger partial charge in [0, 0.05) is 12.5 Å². The van der Waals surface area contributed by atoms with Crippen LogP contribution in [0.5, 0.6) is 0 Å². The fraction of sp³-hybridized carbons (Fsp3) is 0.400. The van der Waals surface area contributed by atoms with Crippen LogP contribution in [0.3, 0.4) is 0 Å². The minimum absolute atomic E-state index is 0.229. The Morgan fingerprint density at radius 1 is 1.38 bits per heavy atom. The summed E-state index contributed by atoms with van der Waals surface area (Å²) in [5.41, 5.74) is 8.43. The van der Waals surface area contributed by atoms with E-state index in [1.165, 1.54) is 0 Å². The van der Waals surface area contributed by atoms with E-state index in [0.29, 0.717) is 18.2 Å². The number of hydrogen-bond acceptors (Lipinski definition) is 4. The number of rotatable bonds is 6. The standard InChI is InChI=1S/C15H20N4O2/c1-3-10(4-2)14-13(9-16)17-18-19(14)12-7-5-6-11(8-12)15(20)21/h5-8,10H,3-4,9,16H2,1-2H3,(H,20,21). The first-order chi connectivity index (χ1) is 10.1. The number of carboxylic acids is 1. The molecule has 0 spiro atoms. The van der Waals surface area contributed by atoms with Crippen molar-refractivity contribution < 1.29 is 9.90 Å². The van der Waals surface area contributed by atoms with E-state index in [1.807, 2.05) is 6.07 Å². The fourth-order valence-electron chi connectivity index (χ4n) is 2.51. The molecule has 1 heterocycles. The Hall–Kier alpha value is -2.21. The molecule has 1 aromatic carbocycles. The molecular weight excluding hydrogens is 268 g/mol. The van der Waals surface area contributed by atoms with Crippen molar-refractivity contribution in [2.24, 2.45) is 5.73 Å². The van der Waals surface area contributed by atoms with Crippen molar-refractivity contribution in [3.8, 4) is 5.69 Å². The van der Waals surface area contributed by atoms with Gasteiger partial charge in [-0.3, -0.25) is 0 Å². The number of benzene rings is 1. The topological polar surface area (TPSA) is 94.0 Å². The highest BCUT2D eigenvalue weighted by molar-refractivity contribution is 5.88. The van der Waals surface area contributed by atoms with Gasteiger partial charge in [-0.2, -0.15) is 0 Å². The normalized spacial score (nSPS) is 11.0. The third kappa shape index (κ3) is 2.95. The molecule has 6 nitrogen and oxygen atoms in total. The van der Waals surface area contributed by atoms with Crippen molar-refractivity contribution in [1.29, 1.82) is 0 Å². The molecule has 0 saturated carbocycles. The molecule has 6 heteroatoms. The average Bonchev–Trinajstić information content (AvgIpc) is 2.92. The van der Waals surface area contributed by atoms with E-state index in [9.17, 15) is 4.79 Å². The first-order valence-corrected chi connectivity index (χ1v) is 7.10. The van der Waals surface area contributed by atoms with Crippen molar-refractivity contribution in [1.82, 2.24) is 15.0 Å². The molecule has 2 aromatic rings. The van der Waals surface area contributed by atoms with Gasteiger partial charge in [0.1, 0.15) is 5.69 Å². The lowest BCUT2D eigenvalue weighted by Gasteiger charge is -2.16. The monoisotopic (exact) mass is 288 g/mol. The smallest absolute Gasteiger partial charge is 0.335 e. The number of carbonyl (C=O) groups is 1. The van der Waals surface area contributed by atoms with Gasteiger partial charge in [-0.1, -0.05) is 25.1 Å². The van der Waals surface area contributed by atoms with Crippen LogP contribution in [0, 0.1) is 0 Å². The highest BCUT2D eigenvalue weighted by Gasteiger charge is 2.20. The molecule has 112 valence electrons. The molecule has 0 atom stereocenters. The molecule has 21 heavy (non-hydrogen) atoms. The van der Waals surface area contributed by atoms with Crippen molar-refractivity contribution in [3.63, 3.8) is 0 Å². The molecular formula is C15H20N4O2. The lowest BCUT2D eigenvalue weighted by molar-refractivity contribution is 0.0697. The Labute approximate surface area is 123 Å². The summed E-state index contributed by atoms with van der Waals surface area (Å²) in [6, 6.07) is 6.69. The zero-order chi connectivity index (χ0) is 15.4. The van der Waals surface area contributed by atoms with Crippen LogP contribution < -0.4 is 5.73 Å². The van der Waals surface area contributed by atoms with Crippen LogP contribution in [0.2, 0.25) is 0 Å². The molecule has 0 aliphatic rings. The molecule has 0 saturated heterocycles. The summed E-state index contributed by atoms with van der Waals surface area (Å²) in [5.74, 6) is -0.660. The Bertz CT molecular complexity index is 632. The van der Waals surface area contributed by atoms with E-state index in [1.54, 1.807) is 22.9 Å². The number of aromatic nitrogens is 3. The summed E-state index contributed by atoms with van der Waals surface area (Å²) < 4.78 is 1.71. The Morgan fingerprint density at radius 3 is 2.67 bits per heavy atom. The van der Waals surface area contributed by atoms with Crippen molar-refractivity contribution in [3.05, 3.63) is 41.2 Å². The fourth-order valence-corrected chi connectivity index (χ4v) is 2.51. The van der Waals surface area contributed by atoms with Gasteiger partial charge in [0.15, 0.2) is 0 Å². The van der Waals surface area contributed by atoms with Gasteiger partial charge in [0.25, 0.3) is 0 Å². The van der Waals surface area contributed by atoms with Crippen LogP contribution in [0.4, 0.5) is 0 Å². The van der Waals surface area contributed by atoms with E-state index in [4.69, 9.17) is 10.8 Å². The maximum atomic E-state index is 11.1. The number of aromatic carboxylic acids is 1. The van der Waals surface area contributed by atoms with Gasteiger partial charge in [-0.25, -0.2) is 9.48 Å². The molecule has 0 amide bonds. The van der Waals surface area contributed by atoms with Crippen LogP contribution >= 0.6 is 0 Å². The molecule has 0 bridgehead atoms. The summed E-state index contributed by atoms with van der Waals surface area (Å²) in [7, 11) is 0. The third-order valence-corrected chi connectivity index (χ3v) is 3.68. The molecule has 0 aliphatic carbocycles. The second-order valence-electron chi connectivity index (χ2n) is 4.91. The molecule has 2 rings (SSSR count). The van der Waals surface area contributed by atoms with Crippen LogP contribution in [-0.4, -0.2) is 26.1 Å². The molecule has 0 fully saturated rings. The predicted molar refractivity (Wildman–Crippen MR) is 79.5 cm³/mol. The van der Waals surface area contributed by atoms with Crippen molar-refractivity contribution >= 4 is 5.97 Å². The summed E-state index contributed by atoms with van der Waals surface area (Å²) in [6.45, 7) is 4.55. The molecule has 1 aromatic heterocycles. The van der Waals surface area contributed by atoms with Crippen LogP contribution in [-0.2, 0) is 6.54 Å². The predicted octanol–water partition coefficient (Wildman–Crippen LogP) is 2.33. The third-order valence-electron chi connectivity index (χ3n) is 3.68. The number of nitrogens with zero attached hydrogens (tertiary/aromatic N) is 3. The van der Waals surface area contributed by atoms with Gasteiger partial charge >= 0.3 is 5.97 Å². The molecule has 3 N–H and O–H groups in total. The highest BCUT2D eigenvalue weighted by atomic mass is 16.4. The minimum Gasteiger partial charge on any atom is -0.478 e. The number of nitrogens with two attached hydrogens (primary N) is 1. The van der Waals surface area contributed by atoms with E-state index < -0.39 is 5.97 Å². The Balaban J connectivity index is 2.56. The molecule has 0 radical (unpaired) electrons. The lowest BCUT2D eigenvalue weighted by atomic mass is 9.97. The van der Waals surface area contributed by atoms with Gasteiger partial charge in [0.05, 0.1) is 16.9 Å². The van der Waals surface area contributed by atoms with Gasteiger partial charge < -0.3 is 10.8 Å². The number of carboxylic acid groups (broad SMARTS) is 1. The van der Waals surface area contributed by atoms with Crippen molar-refractivity contribution in [2.45, 2.75) is 39.2 Å². The van der Waals surface area contributed by atoms with Crippen LogP contribution in [0.25, 0.3) is 5.69 Å².